The van der Waals surface area contributed by atoms with Gasteiger partial charge in [-0.3, -0.25) is 9.89 Å². The normalized spacial score (nSPS) is 10.9. The van der Waals surface area contributed by atoms with E-state index in [1.165, 1.54) is 30.3 Å². The summed E-state index contributed by atoms with van der Waals surface area (Å²) >= 11 is 0. The molecule has 0 saturated heterocycles. The van der Waals surface area contributed by atoms with Crippen LogP contribution in [0.3, 0.4) is 0 Å². The monoisotopic (exact) mass is 412 g/mol. The van der Waals surface area contributed by atoms with E-state index >= 15 is 0 Å². The molecule has 0 aliphatic carbocycles. The largest absolute Gasteiger partial charge is 0.363 e. The molecule has 0 atom stereocenters. The Balaban J connectivity index is 1.93. The number of aromatic amines is 1. The molecular weight excluding hydrogens is 400 g/mol. The predicted molar refractivity (Wildman–Crippen MR) is 101 cm³/mol. The SMILES string of the molecule is NC(=O)c1nc(-c2ccc(F)c(-c3cc(F)cc(F)c3-c3cccc(F)c3)c2)n[nH]1. The molecule has 0 aliphatic rings. The molecule has 4 rings (SSSR count). The fourth-order valence-electron chi connectivity index (χ4n) is 3.10. The molecule has 0 spiro atoms. The maximum atomic E-state index is 14.7. The van der Waals surface area contributed by atoms with Gasteiger partial charge in [-0.1, -0.05) is 12.1 Å². The quantitative estimate of drug-likeness (QED) is 0.486. The zero-order chi connectivity index (χ0) is 21.4. The summed E-state index contributed by atoms with van der Waals surface area (Å²) in [6.45, 7) is 0. The molecule has 5 nitrogen and oxygen atoms in total. The maximum Gasteiger partial charge on any atom is 0.286 e. The molecule has 0 unspecified atom stereocenters. The zero-order valence-corrected chi connectivity index (χ0v) is 15.1. The second-order valence-electron chi connectivity index (χ2n) is 6.39. The highest BCUT2D eigenvalue weighted by Crippen LogP contribution is 2.38. The molecule has 1 aromatic heterocycles. The van der Waals surface area contributed by atoms with Crippen LogP contribution in [0.2, 0.25) is 0 Å². The smallest absolute Gasteiger partial charge is 0.286 e. The van der Waals surface area contributed by atoms with Crippen LogP contribution in [0.1, 0.15) is 10.6 Å². The first-order valence-corrected chi connectivity index (χ1v) is 8.61. The van der Waals surface area contributed by atoms with E-state index in [0.717, 1.165) is 18.2 Å². The summed E-state index contributed by atoms with van der Waals surface area (Å²) in [4.78, 5) is 15.1. The van der Waals surface area contributed by atoms with Crippen LogP contribution in [0.25, 0.3) is 33.6 Å². The Hall–Kier alpha value is -4.01. The van der Waals surface area contributed by atoms with Crippen molar-refractivity contribution < 1.29 is 22.4 Å². The molecular formula is C21H12F4N4O. The Kier molecular flexibility index (Phi) is 4.78. The van der Waals surface area contributed by atoms with Gasteiger partial charge in [0.25, 0.3) is 5.91 Å². The van der Waals surface area contributed by atoms with Crippen LogP contribution in [0.5, 0.6) is 0 Å². The summed E-state index contributed by atoms with van der Waals surface area (Å²) < 4.78 is 57.1. The lowest BCUT2D eigenvalue weighted by Gasteiger charge is -2.13. The number of amides is 1. The molecule has 3 aromatic carbocycles. The number of nitrogens with zero attached hydrogens (tertiary/aromatic N) is 2. The van der Waals surface area contributed by atoms with Crippen LogP contribution in [-0.4, -0.2) is 21.1 Å². The standard InChI is InChI=1S/C21H12F4N4O/c22-12-3-1-2-10(6-12)18-15(8-13(23)9-17(18)25)14-7-11(4-5-16(14)24)20-27-21(19(26)30)29-28-20/h1-9H,(H2,26,30)(H,27,28,29). The average Bonchev–Trinajstić information content (AvgIpc) is 3.18. The van der Waals surface area contributed by atoms with Gasteiger partial charge in [-0.15, -0.1) is 0 Å². The third kappa shape index (κ3) is 3.52. The number of benzene rings is 3. The second kappa shape index (κ2) is 7.43. The van der Waals surface area contributed by atoms with Crippen LogP contribution in [0, 0.1) is 23.3 Å². The Labute approximate surface area is 167 Å². The highest BCUT2D eigenvalue weighted by molar-refractivity contribution is 5.89. The fourth-order valence-corrected chi connectivity index (χ4v) is 3.10. The third-order valence-corrected chi connectivity index (χ3v) is 4.40. The van der Waals surface area contributed by atoms with Crippen LogP contribution in [0.15, 0.2) is 54.6 Å². The molecule has 9 heteroatoms. The van der Waals surface area contributed by atoms with E-state index in [-0.39, 0.29) is 39.5 Å². The summed E-state index contributed by atoms with van der Waals surface area (Å²) in [7, 11) is 0. The number of H-pyrrole nitrogens is 1. The molecule has 0 radical (unpaired) electrons. The number of nitrogens with two attached hydrogens (primary N) is 1. The summed E-state index contributed by atoms with van der Waals surface area (Å²) in [5.41, 5.74) is 5.07. The van der Waals surface area contributed by atoms with Crippen molar-refractivity contribution in [3.63, 3.8) is 0 Å². The van der Waals surface area contributed by atoms with Crippen molar-refractivity contribution in [2.45, 2.75) is 0 Å². The van der Waals surface area contributed by atoms with E-state index in [9.17, 15) is 22.4 Å². The fraction of sp³-hybridized carbons (Fsp3) is 0. The summed E-state index contributed by atoms with van der Waals surface area (Å²) in [5, 5.41) is 6.19. The molecule has 30 heavy (non-hydrogen) atoms. The van der Waals surface area contributed by atoms with Gasteiger partial charge in [0.15, 0.2) is 5.82 Å². The van der Waals surface area contributed by atoms with Crippen LogP contribution < -0.4 is 5.73 Å². The first-order valence-electron chi connectivity index (χ1n) is 8.61. The molecule has 150 valence electrons. The van der Waals surface area contributed by atoms with E-state index in [1.807, 2.05) is 0 Å². The summed E-state index contributed by atoms with van der Waals surface area (Å²) in [5.74, 6) is -4.31. The van der Waals surface area contributed by atoms with E-state index < -0.39 is 29.2 Å². The minimum absolute atomic E-state index is 0.0363. The number of primary amides is 1. The van der Waals surface area contributed by atoms with Crippen LogP contribution in [0.4, 0.5) is 17.6 Å². The number of halogens is 4. The Morgan fingerprint density at radius 2 is 1.63 bits per heavy atom. The average molecular weight is 412 g/mol. The van der Waals surface area contributed by atoms with Gasteiger partial charge >= 0.3 is 0 Å². The van der Waals surface area contributed by atoms with Gasteiger partial charge in [0.05, 0.1) is 0 Å². The van der Waals surface area contributed by atoms with Gasteiger partial charge in [0.2, 0.25) is 5.82 Å². The maximum absolute atomic E-state index is 14.7. The number of hydrogen-bond donors (Lipinski definition) is 2. The van der Waals surface area contributed by atoms with Crippen LogP contribution in [-0.2, 0) is 0 Å². The molecule has 0 saturated carbocycles. The molecule has 0 aliphatic heterocycles. The molecule has 0 fully saturated rings. The highest BCUT2D eigenvalue weighted by Gasteiger charge is 2.20. The molecule has 4 aromatic rings. The first kappa shape index (κ1) is 19.3. The minimum Gasteiger partial charge on any atom is -0.363 e. The van der Waals surface area contributed by atoms with Crippen molar-refractivity contribution >= 4 is 5.91 Å². The van der Waals surface area contributed by atoms with E-state index in [0.29, 0.717) is 6.07 Å². The molecule has 1 heterocycles. The van der Waals surface area contributed by atoms with Crippen molar-refractivity contribution in [1.29, 1.82) is 0 Å². The number of carbonyl (C=O) groups excluding carboxylic acids is 1. The lowest BCUT2D eigenvalue weighted by molar-refractivity contribution is 0.0991. The van der Waals surface area contributed by atoms with E-state index in [4.69, 9.17) is 5.73 Å². The van der Waals surface area contributed by atoms with Crippen molar-refractivity contribution in [3.05, 3.63) is 83.7 Å². The van der Waals surface area contributed by atoms with Crippen molar-refractivity contribution in [2.75, 3.05) is 0 Å². The van der Waals surface area contributed by atoms with Gasteiger partial charge < -0.3 is 5.73 Å². The zero-order valence-electron chi connectivity index (χ0n) is 15.1. The van der Waals surface area contributed by atoms with Crippen molar-refractivity contribution in [2.24, 2.45) is 5.73 Å². The summed E-state index contributed by atoms with van der Waals surface area (Å²) in [6.07, 6.45) is 0. The van der Waals surface area contributed by atoms with Crippen molar-refractivity contribution in [3.8, 4) is 33.6 Å². The number of rotatable bonds is 4. The summed E-state index contributed by atoms with van der Waals surface area (Å²) in [6, 6.07) is 10.3. The Morgan fingerprint density at radius 3 is 2.33 bits per heavy atom. The second-order valence-corrected chi connectivity index (χ2v) is 6.39. The van der Waals surface area contributed by atoms with Crippen LogP contribution >= 0.6 is 0 Å². The van der Waals surface area contributed by atoms with Crippen molar-refractivity contribution in [1.82, 2.24) is 15.2 Å². The Morgan fingerprint density at radius 1 is 0.833 bits per heavy atom. The highest BCUT2D eigenvalue weighted by atomic mass is 19.1. The molecule has 1 amide bonds. The van der Waals surface area contributed by atoms with Gasteiger partial charge in [-0.05, 0) is 47.5 Å². The lowest BCUT2D eigenvalue weighted by atomic mass is 9.92. The van der Waals surface area contributed by atoms with E-state index in [1.54, 1.807) is 0 Å². The predicted octanol–water partition coefficient (Wildman–Crippen LogP) is 4.46. The first-order chi connectivity index (χ1) is 14.3. The number of carbonyl (C=O) groups is 1. The lowest BCUT2D eigenvalue weighted by Crippen LogP contribution is -2.12. The number of hydrogen-bond acceptors (Lipinski definition) is 3. The van der Waals surface area contributed by atoms with Gasteiger partial charge in [0.1, 0.15) is 23.3 Å². The Bertz CT molecular complexity index is 1290. The van der Waals surface area contributed by atoms with Gasteiger partial charge in [-0.2, -0.15) is 5.10 Å². The third-order valence-electron chi connectivity index (χ3n) is 4.40. The molecule has 3 N–H and O–H groups in total. The van der Waals surface area contributed by atoms with E-state index in [2.05, 4.69) is 15.2 Å². The minimum atomic E-state index is -0.977. The number of nitrogens with one attached hydrogen (secondary N) is 1. The van der Waals surface area contributed by atoms with Gasteiger partial charge in [-0.25, -0.2) is 22.5 Å². The number of aromatic nitrogens is 3. The molecule has 0 bridgehead atoms. The van der Waals surface area contributed by atoms with Gasteiger partial charge in [0, 0.05) is 22.8 Å². The topological polar surface area (TPSA) is 84.7 Å².